The Labute approximate surface area is 132 Å². The third kappa shape index (κ3) is 2.44. The summed E-state index contributed by atoms with van der Waals surface area (Å²) in [6.07, 6.45) is 3.96. The molecule has 4 heterocycles. The molecule has 2 saturated heterocycles. The van der Waals surface area contributed by atoms with Gasteiger partial charge in [-0.2, -0.15) is 0 Å². The molecule has 0 bridgehead atoms. The minimum absolute atomic E-state index is 0.0726. The first-order valence-corrected chi connectivity index (χ1v) is 8.36. The van der Waals surface area contributed by atoms with Crippen molar-refractivity contribution in [2.24, 2.45) is 5.92 Å². The van der Waals surface area contributed by atoms with E-state index in [0.29, 0.717) is 23.9 Å². The van der Waals surface area contributed by atoms with Gasteiger partial charge in [0.15, 0.2) is 5.69 Å². The maximum atomic E-state index is 12.4. The number of fused-ring (bicyclic) bond motifs is 1. The molecular formula is C15H17N3O3S. The van der Waals surface area contributed by atoms with Gasteiger partial charge in [0.1, 0.15) is 16.9 Å². The fourth-order valence-electron chi connectivity index (χ4n) is 3.30. The Morgan fingerprint density at radius 2 is 2.41 bits per heavy atom. The zero-order valence-corrected chi connectivity index (χ0v) is 13.1. The van der Waals surface area contributed by atoms with Gasteiger partial charge < -0.3 is 14.2 Å². The van der Waals surface area contributed by atoms with Crippen LogP contribution in [0.2, 0.25) is 0 Å². The molecule has 7 heteroatoms. The number of carbonyl (C=O) groups excluding carboxylic acids is 1. The lowest BCUT2D eigenvalue weighted by molar-refractivity contribution is -0.00474. The van der Waals surface area contributed by atoms with E-state index in [9.17, 15) is 4.79 Å². The molecule has 1 amide bonds. The molecule has 0 saturated carbocycles. The first kappa shape index (κ1) is 13.9. The van der Waals surface area contributed by atoms with E-state index < -0.39 is 0 Å². The Bertz CT molecular complexity index is 669. The highest BCUT2D eigenvalue weighted by Gasteiger charge is 2.41. The molecular weight excluding hydrogens is 302 g/mol. The molecule has 0 N–H and O–H groups in total. The summed E-state index contributed by atoms with van der Waals surface area (Å²) in [5, 5.41) is 6.83. The third-order valence-electron chi connectivity index (χ3n) is 4.41. The molecule has 0 aromatic carbocycles. The van der Waals surface area contributed by atoms with Gasteiger partial charge in [0.2, 0.25) is 0 Å². The highest BCUT2D eigenvalue weighted by molar-refractivity contribution is 7.09. The lowest BCUT2D eigenvalue weighted by Crippen LogP contribution is -2.45. The van der Waals surface area contributed by atoms with Crippen molar-refractivity contribution in [1.82, 2.24) is 15.0 Å². The second-order valence-corrected chi connectivity index (χ2v) is 6.82. The summed E-state index contributed by atoms with van der Waals surface area (Å²) in [6, 6.07) is 1.68. The van der Waals surface area contributed by atoms with Gasteiger partial charge in [0.25, 0.3) is 5.91 Å². The number of hydrogen-bond acceptors (Lipinski definition) is 6. The second-order valence-electron chi connectivity index (χ2n) is 5.89. The Morgan fingerprint density at radius 1 is 1.50 bits per heavy atom. The Hall–Kier alpha value is -1.73. The predicted molar refractivity (Wildman–Crippen MR) is 79.6 cm³/mol. The Kier molecular flexibility index (Phi) is 3.46. The highest BCUT2D eigenvalue weighted by atomic mass is 32.1. The molecule has 6 nitrogen and oxygen atoms in total. The summed E-state index contributed by atoms with van der Waals surface area (Å²) in [6.45, 7) is 3.16. The average molecular weight is 319 g/mol. The largest absolute Gasteiger partial charge is 0.366 e. The van der Waals surface area contributed by atoms with Crippen LogP contribution >= 0.6 is 11.3 Å². The van der Waals surface area contributed by atoms with Crippen molar-refractivity contribution in [2.45, 2.75) is 32.0 Å². The fourth-order valence-corrected chi connectivity index (χ4v) is 3.98. The minimum Gasteiger partial charge on any atom is -0.366 e. The number of nitrogens with zero attached hydrogens (tertiary/aromatic N) is 3. The topological polar surface area (TPSA) is 68.5 Å². The zero-order chi connectivity index (χ0) is 15.1. The standard InChI is InChI=1S/C15H17N3O3S/c1-9-6-11(17-21-9)15(19)18-4-2-10-7-12(20-13(10)8-18)14-16-3-5-22-14/h3,5-6,10,12-13H,2,4,7-8H2,1H3/t10-,12-,13+/m0/s1. The van der Waals surface area contributed by atoms with E-state index in [0.717, 1.165) is 24.4 Å². The number of aryl methyl sites for hydroxylation is 1. The summed E-state index contributed by atoms with van der Waals surface area (Å²) in [5.41, 5.74) is 0.380. The summed E-state index contributed by atoms with van der Waals surface area (Å²) in [4.78, 5) is 18.6. The Morgan fingerprint density at radius 3 is 3.14 bits per heavy atom. The summed E-state index contributed by atoms with van der Waals surface area (Å²) < 4.78 is 11.1. The molecule has 3 atom stereocenters. The van der Waals surface area contributed by atoms with E-state index in [2.05, 4.69) is 10.1 Å². The molecule has 2 aromatic heterocycles. The van der Waals surface area contributed by atoms with Gasteiger partial charge in [0, 0.05) is 30.7 Å². The van der Waals surface area contributed by atoms with Crippen molar-refractivity contribution in [1.29, 1.82) is 0 Å². The second kappa shape index (κ2) is 5.48. The maximum Gasteiger partial charge on any atom is 0.276 e. The summed E-state index contributed by atoms with van der Waals surface area (Å²) in [7, 11) is 0. The zero-order valence-electron chi connectivity index (χ0n) is 12.3. The smallest absolute Gasteiger partial charge is 0.276 e. The van der Waals surface area contributed by atoms with E-state index in [1.165, 1.54) is 0 Å². The van der Waals surface area contributed by atoms with Crippen LogP contribution in [0.1, 0.15) is 40.2 Å². The van der Waals surface area contributed by atoms with Crippen LogP contribution in [-0.4, -0.2) is 40.1 Å². The van der Waals surface area contributed by atoms with Crippen LogP contribution in [-0.2, 0) is 4.74 Å². The number of likely N-dealkylation sites (tertiary alicyclic amines) is 1. The van der Waals surface area contributed by atoms with Crippen LogP contribution < -0.4 is 0 Å². The minimum atomic E-state index is -0.0726. The monoisotopic (exact) mass is 319 g/mol. The number of aromatic nitrogens is 2. The van der Waals surface area contributed by atoms with Crippen molar-refractivity contribution >= 4 is 17.2 Å². The number of ether oxygens (including phenoxy) is 1. The Balaban J connectivity index is 1.44. The fraction of sp³-hybridized carbons (Fsp3) is 0.533. The van der Waals surface area contributed by atoms with Crippen LogP contribution in [0.15, 0.2) is 22.2 Å². The molecule has 2 aliphatic rings. The van der Waals surface area contributed by atoms with Crippen LogP contribution in [0.25, 0.3) is 0 Å². The van der Waals surface area contributed by atoms with Crippen LogP contribution in [0.5, 0.6) is 0 Å². The highest BCUT2D eigenvalue weighted by Crippen LogP contribution is 2.41. The molecule has 0 radical (unpaired) electrons. The van der Waals surface area contributed by atoms with E-state index >= 15 is 0 Å². The molecule has 4 rings (SSSR count). The van der Waals surface area contributed by atoms with Gasteiger partial charge in [-0.05, 0) is 25.7 Å². The van der Waals surface area contributed by atoms with E-state index in [4.69, 9.17) is 9.26 Å². The number of hydrogen-bond donors (Lipinski definition) is 0. The van der Waals surface area contributed by atoms with Gasteiger partial charge in [-0.1, -0.05) is 5.16 Å². The van der Waals surface area contributed by atoms with E-state index in [1.807, 2.05) is 16.5 Å². The lowest BCUT2D eigenvalue weighted by atomic mass is 9.91. The number of thiazole rings is 1. The van der Waals surface area contributed by atoms with Crippen LogP contribution in [0.3, 0.4) is 0 Å². The normalized spacial score (nSPS) is 27.9. The predicted octanol–water partition coefficient (Wildman–Crippen LogP) is 2.43. The molecule has 0 unspecified atom stereocenters. The number of piperidine rings is 1. The molecule has 2 aliphatic heterocycles. The van der Waals surface area contributed by atoms with Crippen LogP contribution in [0.4, 0.5) is 0 Å². The quantitative estimate of drug-likeness (QED) is 0.850. The van der Waals surface area contributed by atoms with Gasteiger partial charge in [-0.3, -0.25) is 4.79 Å². The van der Waals surface area contributed by atoms with Crippen molar-refractivity contribution in [3.63, 3.8) is 0 Å². The van der Waals surface area contributed by atoms with Gasteiger partial charge >= 0.3 is 0 Å². The average Bonchev–Trinajstić information content (AvgIpc) is 3.25. The molecule has 22 heavy (non-hydrogen) atoms. The maximum absolute atomic E-state index is 12.4. The van der Waals surface area contributed by atoms with E-state index in [-0.39, 0.29) is 18.1 Å². The molecule has 0 spiro atoms. The number of rotatable bonds is 2. The number of amides is 1. The van der Waals surface area contributed by atoms with Crippen molar-refractivity contribution < 1.29 is 14.1 Å². The molecule has 0 aliphatic carbocycles. The molecule has 2 aromatic rings. The summed E-state index contributed by atoms with van der Waals surface area (Å²) >= 11 is 1.63. The SMILES string of the molecule is Cc1cc(C(=O)N2CC[C@H]3C[C@@H](c4nccs4)O[C@@H]3C2)no1. The lowest BCUT2D eigenvalue weighted by Gasteiger charge is -2.33. The summed E-state index contributed by atoms with van der Waals surface area (Å²) in [5.74, 6) is 1.09. The van der Waals surface area contributed by atoms with E-state index in [1.54, 1.807) is 24.3 Å². The van der Waals surface area contributed by atoms with Gasteiger partial charge in [-0.15, -0.1) is 11.3 Å². The van der Waals surface area contributed by atoms with Gasteiger partial charge in [-0.25, -0.2) is 4.98 Å². The molecule has 2 fully saturated rings. The third-order valence-corrected chi connectivity index (χ3v) is 5.28. The number of carbonyl (C=O) groups is 1. The first-order chi connectivity index (χ1) is 10.7. The van der Waals surface area contributed by atoms with Gasteiger partial charge in [0.05, 0.1) is 6.10 Å². The first-order valence-electron chi connectivity index (χ1n) is 7.48. The van der Waals surface area contributed by atoms with Crippen molar-refractivity contribution in [3.8, 4) is 0 Å². The molecule has 116 valence electrons. The van der Waals surface area contributed by atoms with Crippen molar-refractivity contribution in [3.05, 3.63) is 34.1 Å². The van der Waals surface area contributed by atoms with Crippen LogP contribution in [0, 0.1) is 12.8 Å². The van der Waals surface area contributed by atoms with Crippen molar-refractivity contribution in [2.75, 3.05) is 13.1 Å².